The smallest absolute Gasteiger partial charge is 0.171 e. The predicted octanol–water partition coefficient (Wildman–Crippen LogP) is 12.0. The molecule has 272 valence electrons. The maximum atomic E-state index is 15.3. The summed E-state index contributed by atoms with van der Waals surface area (Å²) in [5, 5.41) is 2.51. The SMILES string of the molecule is O=P(c1ccccc1)(c1ccccc1)c1ccc(-c2ccc3c(c2)C2(c4ccccc4-3)c3ccccc3C3(c4ccccc4)c4ccccc4-c4cccc2c43)cc1. The summed E-state index contributed by atoms with van der Waals surface area (Å²) in [6, 6.07) is 81.0. The Bertz CT molecular complexity index is 3090. The summed E-state index contributed by atoms with van der Waals surface area (Å²) in [7, 11) is -3.10. The van der Waals surface area contributed by atoms with E-state index < -0.39 is 18.0 Å². The second kappa shape index (κ2) is 12.4. The van der Waals surface area contributed by atoms with E-state index in [0.29, 0.717) is 0 Å². The Kier molecular flexibility index (Phi) is 7.11. The van der Waals surface area contributed by atoms with Gasteiger partial charge in [-0.2, -0.15) is 0 Å². The normalized spacial score (nSPS) is 17.9. The van der Waals surface area contributed by atoms with Crippen LogP contribution in [0.5, 0.6) is 0 Å². The lowest BCUT2D eigenvalue weighted by Crippen LogP contribution is -2.43. The van der Waals surface area contributed by atoms with Gasteiger partial charge < -0.3 is 4.57 Å². The maximum absolute atomic E-state index is 15.3. The van der Waals surface area contributed by atoms with Crippen LogP contribution in [0.2, 0.25) is 0 Å². The largest absolute Gasteiger partial charge is 0.309 e. The molecule has 0 radical (unpaired) electrons. The molecule has 9 aromatic carbocycles. The van der Waals surface area contributed by atoms with Crippen molar-refractivity contribution in [2.45, 2.75) is 10.8 Å². The van der Waals surface area contributed by atoms with Crippen LogP contribution < -0.4 is 15.9 Å². The van der Waals surface area contributed by atoms with Gasteiger partial charge in [-0.3, -0.25) is 0 Å². The molecule has 0 saturated carbocycles. The van der Waals surface area contributed by atoms with Gasteiger partial charge in [0, 0.05) is 15.9 Å². The molecule has 12 rings (SSSR count). The van der Waals surface area contributed by atoms with Crippen molar-refractivity contribution in [3.8, 4) is 33.4 Å². The highest BCUT2D eigenvalue weighted by molar-refractivity contribution is 7.85. The van der Waals surface area contributed by atoms with Gasteiger partial charge in [-0.25, -0.2) is 0 Å². The fourth-order valence-electron chi connectivity index (χ4n) is 11.0. The molecule has 1 nitrogen and oxygen atoms in total. The van der Waals surface area contributed by atoms with Crippen LogP contribution >= 0.6 is 7.14 Å². The van der Waals surface area contributed by atoms with E-state index in [4.69, 9.17) is 0 Å². The van der Waals surface area contributed by atoms with Gasteiger partial charge in [0.05, 0.1) is 10.8 Å². The van der Waals surface area contributed by atoms with Crippen molar-refractivity contribution in [3.05, 3.63) is 269 Å². The van der Waals surface area contributed by atoms with Crippen molar-refractivity contribution in [2.24, 2.45) is 0 Å². The van der Waals surface area contributed by atoms with Crippen LogP contribution in [-0.2, 0) is 15.4 Å². The zero-order valence-electron chi connectivity index (χ0n) is 31.7. The summed E-state index contributed by atoms with van der Waals surface area (Å²) in [5.74, 6) is 0. The topological polar surface area (TPSA) is 17.1 Å². The Balaban J connectivity index is 1.11. The third-order valence-electron chi connectivity index (χ3n) is 13.3. The van der Waals surface area contributed by atoms with E-state index in [1.807, 2.05) is 60.7 Å². The number of benzene rings is 9. The molecule has 2 unspecified atom stereocenters. The van der Waals surface area contributed by atoms with Crippen LogP contribution in [0.3, 0.4) is 0 Å². The third-order valence-corrected chi connectivity index (χ3v) is 16.3. The third kappa shape index (κ3) is 4.19. The summed E-state index contributed by atoms with van der Waals surface area (Å²) < 4.78 is 15.3. The molecule has 2 heteroatoms. The lowest BCUT2D eigenvalue weighted by molar-refractivity contribution is 0.592. The molecular formula is C56H37OP. The number of hydrogen-bond acceptors (Lipinski definition) is 1. The number of rotatable bonds is 5. The van der Waals surface area contributed by atoms with E-state index >= 15 is 4.57 Å². The molecule has 0 heterocycles. The molecule has 0 aliphatic heterocycles. The van der Waals surface area contributed by atoms with Crippen molar-refractivity contribution in [2.75, 3.05) is 0 Å². The van der Waals surface area contributed by atoms with E-state index in [0.717, 1.165) is 27.0 Å². The molecule has 0 fully saturated rings. The fraction of sp³-hybridized carbons (Fsp3) is 0.0357. The minimum absolute atomic E-state index is 0.470. The summed E-state index contributed by atoms with van der Waals surface area (Å²) in [5.41, 5.74) is 17.0. The molecule has 0 amide bonds. The van der Waals surface area contributed by atoms with E-state index in [1.54, 1.807) is 0 Å². The monoisotopic (exact) mass is 756 g/mol. The second-order valence-corrected chi connectivity index (χ2v) is 18.6. The van der Waals surface area contributed by atoms with Crippen molar-refractivity contribution < 1.29 is 4.57 Å². The summed E-state index contributed by atoms with van der Waals surface area (Å²) in [6.07, 6.45) is 0. The van der Waals surface area contributed by atoms with Gasteiger partial charge in [0.1, 0.15) is 0 Å². The van der Waals surface area contributed by atoms with Crippen LogP contribution in [0, 0.1) is 0 Å². The van der Waals surface area contributed by atoms with E-state index in [1.165, 1.54) is 66.8 Å². The van der Waals surface area contributed by atoms with Gasteiger partial charge in [-0.1, -0.05) is 218 Å². The van der Waals surface area contributed by atoms with Crippen LogP contribution in [0.25, 0.3) is 33.4 Å². The first-order valence-electron chi connectivity index (χ1n) is 20.1. The van der Waals surface area contributed by atoms with Crippen molar-refractivity contribution >= 4 is 23.1 Å². The molecule has 3 aliphatic carbocycles. The molecule has 0 bridgehead atoms. The second-order valence-electron chi connectivity index (χ2n) is 15.8. The molecule has 2 atom stereocenters. The first-order valence-corrected chi connectivity index (χ1v) is 21.8. The Hall–Kier alpha value is -6.79. The van der Waals surface area contributed by atoms with Gasteiger partial charge >= 0.3 is 0 Å². The highest BCUT2D eigenvalue weighted by Gasteiger charge is 2.59. The summed E-state index contributed by atoms with van der Waals surface area (Å²) >= 11 is 0. The van der Waals surface area contributed by atoms with E-state index in [-0.39, 0.29) is 0 Å². The van der Waals surface area contributed by atoms with E-state index in [9.17, 15) is 0 Å². The molecule has 0 N–H and O–H groups in total. The highest BCUT2D eigenvalue weighted by atomic mass is 31.2. The van der Waals surface area contributed by atoms with Gasteiger partial charge in [0.25, 0.3) is 0 Å². The van der Waals surface area contributed by atoms with Crippen molar-refractivity contribution in [1.82, 2.24) is 0 Å². The first kappa shape index (κ1) is 33.4. The minimum atomic E-state index is -3.10. The van der Waals surface area contributed by atoms with Crippen molar-refractivity contribution in [1.29, 1.82) is 0 Å². The lowest BCUT2D eigenvalue weighted by atomic mass is 9.52. The number of fused-ring (bicyclic) bond motifs is 12. The maximum Gasteiger partial charge on any atom is 0.171 e. The number of hydrogen-bond donors (Lipinski definition) is 0. The Morgan fingerprint density at radius 1 is 0.293 bits per heavy atom. The molecular weight excluding hydrogens is 720 g/mol. The highest BCUT2D eigenvalue weighted by Crippen LogP contribution is 2.68. The van der Waals surface area contributed by atoms with E-state index in [2.05, 4.69) is 164 Å². The molecule has 0 saturated heterocycles. The van der Waals surface area contributed by atoms with Gasteiger partial charge in [0.15, 0.2) is 7.14 Å². The molecule has 1 spiro atoms. The minimum Gasteiger partial charge on any atom is -0.309 e. The average Bonchev–Trinajstić information content (AvgIpc) is 3.78. The van der Waals surface area contributed by atoms with Gasteiger partial charge in [-0.15, -0.1) is 0 Å². The Morgan fingerprint density at radius 3 is 1.36 bits per heavy atom. The van der Waals surface area contributed by atoms with Gasteiger partial charge in [0.2, 0.25) is 0 Å². The predicted molar refractivity (Wildman–Crippen MR) is 239 cm³/mol. The summed E-state index contributed by atoms with van der Waals surface area (Å²) in [6.45, 7) is 0. The van der Waals surface area contributed by atoms with Crippen molar-refractivity contribution in [3.63, 3.8) is 0 Å². The molecule has 0 aromatic heterocycles. The van der Waals surface area contributed by atoms with Gasteiger partial charge in [-0.05, 0) is 84.0 Å². The zero-order chi connectivity index (χ0) is 38.5. The standard InChI is InChI=1S/C56H37OP/c57-58(41-19-6-2-7-20-41,42-21-8-3-9-22-42)43-34-31-38(32-35-43)39-33-36-46-44-23-10-13-27-49(44)56(53(46)37-39)51-29-15-14-28-50(51)55(40-17-4-1-5-18-40)48-26-12-11-24-45(48)47-25-16-30-52(56)54(47)55/h1-37H. The Labute approximate surface area is 339 Å². The molecule has 58 heavy (non-hydrogen) atoms. The van der Waals surface area contributed by atoms with Crippen LogP contribution in [0.1, 0.15) is 44.5 Å². The zero-order valence-corrected chi connectivity index (χ0v) is 32.6. The molecule has 3 aliphatic rings. The fourth-order valence-corrected chi connectivity index (χ4v) is 13.7. The lowest BCUT2D eigenvalue weighted by Gasteiger charge is -2.48. The van der Waals surface area contributed by atoms with Crippen LogP contribution in [-0.4, -0.2) is 0 Å². The molecule has 9 aromatic rings. The first-order chi connectivity index (χ1) is 28.7. The summed E-state index contributed by atoms with van der Waals surface area (Å²) in [4.78, 5) is 0. The Morgan fingerprint density at radius 2 is 0.724 bits per heavy atom. The van der Waals surface area contributed by atoms with Crippen LogP contribution in [0.4, 0.5) is 0 Å². The van der Waals surface area contributed by atoms with Crippen LogP contribution in [0.15, 0.2) is 224 Å². The quantitative estimate of drug-likeness (QED) is 0.160. The average molecular weight is 757 g/mol.